The number of hydrogen-bond acceptors (Lipinski definition) is 7. The highest BCUT2D eigenvalue weighted by Crippen LogP contribution is 2.33. The molecule has 1 unspecified atom stereocenters. The van der Waals surface area contributed by atoms with Crippen molar-refractivity contribution in [1.29, 1.82) is 0 Å². The average Bonchev–Trinajstić information content (AvgIpc) is 3.20. The number of ether oxygens (including phenoxy) is 1. The van der Waals surface area contributed by atoms with Gasteiger partial charge >= 0.3 is 0 Å². The minimum atomic E-state index is -3.51. The molecule has 164 valence electrons. The number of thiazole rings is 1. The third kappa shape index (κ3) is 4.70. The van der Waals surface area contributed by atoms with Gasteiger partial charge in [-0.05, 0) is 43.2 Å². The van der Waals surface area contributed by atoms with Gasteiger partial charge in [-0.25, -0.2) is 13.4 Å². The molecule has 1 fully saturated rings. The normalized spacial score (nSPS) is 17.5. The Kier molecular flexibility index (Phi) is 6.22. The van der Waals surface area contributed by atoms with Gasteiger partial charge in [0.05, 0.1) is 35.8 Å². The minimum absolute atomic E-state index is 0.213. The summed E-state index contributed by atoms with van der Waals surface area (Å²) in [6.07, 6.45) is 4.87. The van der Waals surface area contributed by atoms with Crippen molar-refractivity contribution < 1.29 is 17.9 Å². The van der Waals surface area contributed by atoms with E-state index in [1.54, 1.807) is 18.2 Å². The van der Waals surface area contributed by atoms with Crippen LogP contribution in [-0.2, 0) is 21.4 Å². The summed E-state index contributed by atoms with van der Waals surface area (Å²) in [6, 6.07) is 10.3. The Morgan fingerprint density at radius 1 is 1.29 bits per heavy atom. The molecule has 0 aliphatic carbocycles. The van der Waals surface area contributed by atoms with Crippen molar-refractivity contribution in [3.05, 3.63) is 48.3 Å². The molecule has 10 heteroatoms. The number of benzene rings is 1. The summed E-state index contributed by atoms with van der Waals surface area (Å²) in [5, 5.41) is 0.512. The number of hydrogen-bond donors (Lipinski definition) is 0. The van der Waals surface area contributed by atoms with E-state index in [1.165, 1.54) is 15.6 Å². The van der Waals surface area contributed by atoms with Gasteiger partial charge in [-0.3, -0.25) is 14.7 Å². The van der Waals surface area contributed by atoms with Gasteiger partial charge < -0.3 is 4.74 Å². The third-order valence-electron chi connectivity index (χ3n) is 5.29. The van der Waals surface area contributed by atoms with Gasteiger partial charge in [0, 0.05) is 12.7 Å². The Balaban J connectivity index is 1.74. The number of pyridine rings is 1. The molecule has 3 aromatic rings. The van der Waals surface area contributed by atoms with E-state index in [4.69, 9.17) is 4.74 Å². The molecule has 1 amide bonds. The van der Waals surface area contributed by atoms with Crippen LogP contribution < -0.4 is 9.64 Å². The molecule has 1 aliphatic rings. The molecular formula is C21H24N4O4S2. The van der Waals surface area contributed by atoms with Crippen LogP contribution in [0.4, 0.5) is 5.13 Å². The first-order valence-electron chi connectivity index (χ1n) is 9.99. The Morgan fingerprint density at radius 2 is 2.13 bits per heavy atom. The quantitative estimate of drug-likeness (QED) is 0.561. The van der Waals surface area contributed by atoms with Crippen LogP contribution in [0.5, 0.6) is 5.75 Å². The largest absolute Gasteiger partial charge is 0.497 e. The highest BCUT2D eigenvalue weighted by Gasteiger charge is 2.38. The number of piperidine rings is 1. The maximum atomic E-state index is 13.7. The minimum Gasteiger partial charge on any atom is -0.497 e. The van der Waals surface area contributed by atoms with E-state index in [-0.39, 0.29) is 12.5 Å². The van der Waals surface area contributed by atoms with Crippen molar-refractivity contribution in [2.75, 3.05) is 24.8 Å². The molecule has 4 rings (SSSR count). The van der Waals surface area contributed by atoms with Crippen LogP contribution in [0.25, 0.3) is 10.2 Å². The maximum Gasteiger partial charge on any atom is 0.247 e. The first kappa shape index (κ1) is 21.7. The van der Waals surface area contributed by atoms with Crippen LogP contribution in [-0.4, -0.2) is 54.6 Å². The van der Waals surface area contributed by atoms with Crippen LogP contribution in [0.15, 0.2) is 42.6 Å². The van der Waals surface area contributed by atoms with E-state index in [0.717, 1.165) is 29.3 Å². The fraction of sp³-hybridized carbons (Fsp3) is 0.381. The zero-order chi connectivity index (χ0) is 22.0. The molecule has 0 saturated carbocycles. The first-order valence-corrected chi connectivity index (χ1v) is 12.7. The smallest absolute Gasteiger partial charge is 0.247 e. The summed E-state index contributed by atoms with van der Waals surface area (Å²) in [4.78, 5) is 24.3. The lowest BCUT2D eigenvalue weighted by atomic mass is 10.0. The molecule has 31 heavy (non-hydrogen) atoms. The zero-order valence-corrected chi connectivity index (χ0v) is 19.0. The molecule has 1 aliphatic heterocycles. The third-order valence-corrected chi connectivity index (χ3v) is 7.62. The van der Waals surface area contributed by atoms with E-state index >= 15 is 0 Å². The molecule has 0 bridgehead atoms. The van der Waals surface area contributed by atoms with E-state index in [0.29, 0.717) is 29.5 Å². The number of rotatable bonds is 6. The lowest BCUT2D eigenvalue weighted by molar-refractivity contribution is -0.123. The van der Waals surface area contributed by atoms with Gasteiger partial charge in [-0.15, -0.1) is 0 Å². The van der Waals surface area contributed by atoms with Crippen molar-refractivity contribution >= 4 is 42.6 Å². The molecule has 2 aromatic heterocycles. The average molecular weight is 461 g/mol. The van der Waals surface area contributed by atoms with Gasteiger partial charge in [0.25, 0.3) is 0 Å². The molecule has 0 spiro atoms. The predicted molar refractivity (Wildman–Crippen MR) is 121 cm³/mol. The number of carbonyl (C=O) groups is 1. The molecular weight excluding hydrogens is 436 g/mol. The summed E-state index contributed by atoms with van der Waals surface area (Å²) < 4.78 is 32.2. The topological polar surface area (TPSA) is 92.7 Å². The second-order valence-electron chi connectivity index (χ2n) is 7.46. The highest BCUT2D eigenvalue weighted by atomic mass is 32.2. The number of amides is 1. The first-order chi connectivity index (χ1) is 14.9. The van der Waals surface area contributed by atoms with Crippen molar-refractivity contribution in [3.63, 3.8) is 0 Å². The maximum absolute atomic E-state index is 13.7. The van der Waals surface area contributed by atoms with Gasteiger partial charge in [0.1, 0.15) is 11.8 Å². The fourth-order valence-corrected chi connectivity index (χ4v) is 5.87. The monoisotopic (exact) mass is 460 g/mol. The number of nitrogens with zero attached hydrogens (tertiary/aromatic N) is 4. The number of aromatic nitrogens is 2. The van der Waals surface area contributed by atoms with E-state index in [2.05, 4.69) is 9.97 Å². The summed E-state index contributed by atoms with van der Waals surface area (Å²) in [5.74, 6) is 0.433. The standard InChI is InChI=1S/C21H24N4O4S2/c1-29-16-9-10-17-19(13-16)30-21(23-17)24(14-15-7-3-5-11-22-15)20(26)18-8-4-6-12-25(18)31(2,27)28/h3,5,7,9-11,13,18H,4,6,8,12,14H2,1-2H3. The SMILES string of the molecule is COc1ccc2nc(N(Cc3ccccn3)C(=O)C3CCCCN3S(C)(=O)=O)sc2c1. The molecule has 1 aromatic carbocycles. The van der Waals surface area contributed by atoms with Crippen LogP contribution in [0.1, 0.15) is 25.0 Å². The van der Waals surface area contributed by atoms with Crippen LogP contribution in [0, 0.1) is 0 Å². The Morgan fingerprint density at radius 3 is 2.84 bits per heavy atom. The van der Waals surface area contributed by atoms with Crippen molar-refractivity contribution in [2.45, 2.75) is 31.8 Å². The summed E-state index contributed by atoms with van der Waals surface area (Å²) in [5.41, 5.74) is 1.46. The van der Waals surface area contributed by atoms with E-state index in [1.807, 2.05) is 36.4 Å². The second-order valence-corrected chi connectivity index (χ2v) is 10.4. The molecule has 8 nitrogen and oxygen atoms in total. The summed E-state index contributed by atoms with van der Waals surface area (Å²) >= 11 is 1.37. The van der Waals surface area contributed by atoms with E-state index < -0.39 is 16.1 Å². The van der Waals surface area contributed by atoms with Crippen molar-refractivity contribution in [1.82, 2.24) is 14.3 Å². The number of anilines is 1. The summed E-state index contributed by atoms with van der Waals surface area (Å²) in [6.45, 7) is 0.564. The highest BCUT2D eigenvalue weighted by molar-refractivity contribution is 7.88. The molecule has 0 radical (unpaired) electrons. The van der Waals surface area contributed by atoms with Crippen molar-refractivity contribution in [3.8, 4) is 5.75 Å². The van der Waals surface area contributed by atoms with Crippen LogP contribution in [0.2, 0.25) is 0 Å². The van der Waals surface area contributed by atoms with Gasteiger partial charge in [0.15, 0.2) is 5.13 Å². The predicted octanol–water partition coefficient (Wildman–Crippen LogP) is 3.05. The number of carbonyl (C=O) groups excluding carboxylic acids is 1. The molecule has 0 N–H and O–H groups in total. The second kappa shape index (κ2) is 8.89. The van der Waals surface area contributed by atoms with Crippen LogP contribution in [0.3, 0.4) is 0 Å². The Hall–Kier alpha value is -2.56. The molecule has 1 saturated heterocycles. The molecule has 1 atom stereocenters. The van der Waals surface area contributed by atoms with Gasteiger partial charge in [-0.2, -0.15) is 4.31 Å². The van der Waals surface area contributed by atoms with Gasteiger partial charge in [0.2, 0.25) is 15.9 Å². The molecule has 3 heterocycles. The zero-order valence-electron chi connectivity index (χ0n) is 17.4. The Labute approximate surface area is 185 Å². The van der Waals surface area contributed by atoms with Crippen LogP contribution >= 0.6 is 11.3 Å². The Bertz CT molecular complexity index is 1180. The van der Waals surface area contributed by atoms with Gasteiger partial charge in [-0.1, -0.05) is 23.8 Å². The summed E-state index contributed by atoms with van der Waals surface area (Å²) in [7, 11) is -1.91. The number of methoxy groups -OCH3 is 1. The lowest BCUT2D eigenvalue weighted by Gasteiger charge is -2.35. The number of sulfonamides is 1. The number of fused-ring (bicyclic) bond motifs is 1. The van der Waals surface area contributed by atoms with Crippen molar-refractivity contribution in [2.24, 2.45) is 0 Å². The van der Waals surface area contributed by atoms with E-state index in [9.17, 15) is 13.2 Å². The lowest BCUT2D eigenvalue weighted by Crippen LogP contribution is -2.52. The fourth-order valence-electron chi connectivity index (χ4n) is 3.76.